The van der Waals surface area contributed by atoms with Gasteiger partial charge in [0.15, 0.2) is 0 Å². The van der Waals surface area contributed by atoms with Crippen LogP contribution in [0, 0.1) is 19.7 Å². The second-order valence-electron chi connectivity index (χ2n) is 9.54. The number of aliphatic hydroxyl groups is 1. The van der Waals surface area contributed by atoms with Crippen LogP contribution in [0.3, 0.4) is 0 Å². The van der Waals surface area contributed by atoms with Crippen LogP contribution in [-0.4, -0.2) is 44.4 Å². The van der Waals surface area contributed by atoms with Gasteiger partial charge in [0, 0.05) is 48.1 Å². The van der Waals surface area contributed by atoms with Gasteiger partial charge in [-0.05, 0) is 56.2 Å². The van der Waals surface area contributed by atoms with Gasteiger partial charge in [0.1, 0.15) is 22.8 Å². The van der Waals surface area contributed by atoms with E-state index in [1.54, 1.807) is 6.92 Å². The maximum Gasteiger partial charge on any atom is 0.430 e. The Morgan fingerprint density at radius 2 is 1.64 bits per heavy atom. The van der Waals surface area contributed by atoms with Crippen molar-refractivity contribution in [3.8, 4) is 22.8 Å². The van der Waals surface area contributed by atoms with Crippen molar-refractivity contribution in [2.24, 2.45) is 7.05 Å². The molecule has 0 radical (unpaired) electrons. The third kappa shape index (κ3) is 5.08. The molecule has 8 nitrogen and oxygen atoms in total. The molecule has 0 aliphatic rings. The molecule has 0 unspecified atom stereocenters. The van der Waals surface area contributed by atoms with Crippen molar-refractivity contribution in [2.45, 2.75) is 38.7 Å². The van der Waals surface area contributed by atoms with E-state index >= 15 is 0 Å². The Morgan fingerprint density at radius 1 is 1.05 bits per heavy atom. The second-order valence-corrected chi connectivity index (χ2v) is 9.54. The van der Waals surface area contributed by atoms with Crippen LogP contribution in [0.15, 0.2) is 41.5 Å². The number of hydrogen-bond donors (Lipinski definition) is 3. The summed E-state index contributed by atoms with van der Waals surface area (Å²) in [4.78, 5) is 31.7. The molecule has 0 saturated carbocycles. The number of H-pyrrole nitrogens is 1. The molecule has 0 fully saturated rings. The summed E-state index contributed by atoms with van der Waals surface area (Å²) >= 11 is 0. The van der Waals surface area contributed by atoms with Gasteiger partial charge in [-0.3, -0.25) is 9.59 Å². The first-order valence-corrected chi connectivity index (χ1v) is 12.2. The minimum Gasteiger partial charge on any atom is -0.438 e. The summed E-state index contributed by atoms with van der Waals surface area (Å²) in [6.07, 6.45) is -11.1. The van der Waals surface area contributed by atoms with E-state index in [2.05, 4.69) is 15.3 Å². The van der Waals surface area contributed by atoms with Gasteiger partial charge in [-0.2, -0.15) is 26.3 Å². The monoisotopic (exact) mass is 600 g/mol. The summed E-state index contributed by atoms with van der Waals surface area (Å²) in [5.41, 5.74) is -8.17. The first-order chi connectivity index (χ1) is 19.4. The molecule has 1 aromatic carbocycles. The van der Waals surface area contributed by atoms with Gasteiger partial charge in [-0.15, -0.1) is 0 Å². The number of aromatic nitrogens is 3. The quantitative estimate of drug-likeness (QED) is 0.252. The lowest BCUT2D eigenvalue weighted by Gasteiger charge is -2.32. The third-order valence-corrected chi connectivity index (χ3v) is 6.55. The molecule has 4 rings (SSSR count). The number of halogens is 7. The predicted molar refractivity (Wildman–Crippen MR) is 137 cm³/mol. The van der Waals surface area contributed by atoms with Crippen LogP contribution < -0.4 is 15.6 Å². The molecule has 3 aromatic heterocycles. The molecule has 3 N–H and O–H groups in total. The number of benzene rings is 1. The lowest BCUT2D eigenvalue weighted by atomic mass is 9.91. The van der Waals surface area contributed by atoms with Crippen molar-refractivity contribution in [3.05, 3.63) is 75.2 Å². The Morgan fingerprint density at radius 3 is 2.19 bits per heavy atom. The van der Waals surface area contributed by atoms with Crippen molar-refractivity contribution in [2.75, 3.05) is 6.54 Å². The van der Waals surface area contributed by atoms with Gasteiger partial charge >= 0.3 is 12.4 Å². The Balaban J connectivity index is 2.09. The maximum atomic E-state index is 13.9. The van der Waals surface area contributed by atoms with Crippen molar-refractivity contribution < 1.29 is 45.4 Å². The van der Waals surface area contributed by atoms with Gasteiger partial charge in [-0.1, -0.05) is 0 Å². The van der Waals surface area contributed by atoms with Crippen LogP contribution in [0.4, 0.5) is 30.7 Å². The number of rotatable bonds is 6. The summed E-state index contributed by atoms with van der Waals surface area (Å²) in [5.74, 6) is -1.76. The maximum absolute atomic E-state index is 13.9. The Hall–Kier alpha value is -4.40. The number of nitrogens with zero attached hydrogens (tertiary/aromatic N) is 2. The number of fused-ring (bicyclic) bond motifs is 1. The number of carbonyl (C=O) groups is 1. The molecule has 0 aliphatic heterocycles. The molecule has 4 aromatic rings. The summed E-state index contributed by atoms with van der Waals surface area (Å²) < 4.78 is 103. The Bertz CT molecular complexity index is 1720. The first kappa shape index (κ1) is 30.6. The molecule has 0 saturated heterocycles. The predicted octanol–water partition coefficient (Wildman–Crippen LogP) is 5.54. The van der Waals surface area contributed by atoms with Crippen LogP contribution in [0.25, 0.3) is 22.0 Å². The summed E-state index contributed by atoms with van der Waals surface area (Å²) in [7, 11) is 1.27. The number of aryl methyl sites for hydroxylation is 3. The molecular formula is C27H23F7N4O4. The number of alkyl halides is 6. The highest BCUT2D eigenvalue weighted by Crippen LogP contribution is 2.51. The number of hydrogen-bond acceptors (Lipinski definition) is 5. The fraction of sp³-hybridized carbons (Fsp3) is 0.296. The molecule has 0 bridgehead atoms. The van der Waals surface area contributed by atoms with Crippen LogP contribution >= 0.6 is 0 Å². The molecule has 42 heavy (non-hydrogen) atoms. The van der Waals surface area contributed by atoms with Crippen molar-refractivity contribution in [3.63, 3.8) is 0 Å². The highest BCUT2D eigenvalue weighted by atomic mass is 19.4. The number of nitrogens with one attached hydrogen (secondary N) is 2. The van der Waals surface area contributed by atoms with Gasteiger partial charge in [-0.25, -0.2) is 9.37 Å². The van der Waals surface area contributed by atoms with Crippen LogP contribution in [0.2, 0.25) is 0 Å². The third-order valence-electron chi connectivity index (χ3n) is 6.55. The van der Waals surface area contributed by atoms with E-state index in [-0.39, 0.29) is 51.8 Å². The van der Waals surface area contributed by atoms with Gasteiger partial charge in [0.25, 0.3) is 17.1 Å². The largest absolute Gasteiger partial charge is 0.438 e. The van der Waals surface area contributed by atoms with E-state index in [4.69, 9.17) is 4.74 Å². The van der Waals surface area contributed by atoms with Crippen molar-refractivity contribution >= 4 is 16.8 Å². The molecule has 0 spiro atoms. The van der Waals surface area contributed by atoms with E-state index < -0.39 is 52.2 Å². The topological polar surface area (TPSA) is 109 Å². The number of pyridine rings is 2. The van der Waals surface area contributed by atoms with Crippen LogP contribution in [-0.2, 0) is 12.6 Å². The fourth-order valence-corrected chi connectivity index (χ4v) is 4.49. The standard InChI is InChI=1S/C27H23F7N4O4/c1-5-35-22(39)19-9-16-18(11-38(4)24(40)20(16)37-19)17-8-14(25(41,26(29,30)31)27(32,33)34)10-36-23(17)42-21-12(2)6-15(28)7-13(21)3/h6-11,37,41H,5H2,1-4H3,(H,35,39). The zero-order valence-electron chi connectivity index (χ0n) is 22.4. The highest BCUT2D eigenvalue weighted by molar-refractivity contribution is 6.03. The number of carbonyl (C=O) groups excluding carboxylic acids is 1. The van der Waals surface area contributed by atoms with Gasteiger partial charge in [0.05, 0.1) is 0 Å². The second kappa shape index (κ2) is 10.5. The van der Waals surface area contributed by atoms with Crippen LogP contribution in [0.1, 0.15) is 34.1 Å². The average molecular weight is 600 g/mol. The molecule has 1 amide bonds. The summed E-state index contributed by atoms with van der Waals surface area (Å²) in [6, 6.07) is 3.78. The van der Waals surface area contributed by atoms with Crippen molar-refractivity contribution in [1.82, 2.24) is 19.9 Å². The fourth-order valence-electron chi connectivity index (χ4n) is 4.49. The summed E-state index contributed by atoms with van der Waals surface area (Å²) in [6.45, 7) is 4.77. The molecule has 0 atom stereocenters. The lowest BCUT2D eigenvalue weighted by Crippen LogP contribution is -2.54. The highest BCUT2D eigenvalue weighted by Gasteiger charge is 2.71. The molecule has 224 valence electrons. The SMILES string of the molecule is CCNC(=O)c1cc2c(-c3cc(C(O)(C(F)(F)F)C(F)(F)F)cnc3Oc3c(C)cc(F)cc3C)cn(C)c(=O)c2[nH]1. The van der Waals surface area contributed by atoms with Crippen molar-refractivity contribution in [1.29, 1.82) is 0 Å². The number of amides is 1. The average Bonchev–Trinajstić information content (AvgIpc) is 3.33. The van der Waals surface area contributed by atoms with Gasteiger partial charge in [0.2, 0.25) is 5.88 Å². The summed E-state index contributed by atoms with van der Waals surface area (Å²) in [5, 5.41) is 12.5. The molecular weight excluding hydrogens is 577 g/mol. The zero-order chi connectivity index (χ0) is 31.4. The Labute approximate surface area is 232 Å². The zero-order valence-corrected chi connectivity index (χ0v) is 22.4. The van der Waals surface area contributed by atoms with E-state index in [1.165, 1.54) is 27.0 Å². The minimum atomic E-state index is -6.21. The minimum absolute atomic E-state index is 0.0120. The Kier molecular flexibility index (Phi) is 7.61. The first-order valence-electron chi connectivity index (χ1n) is 12.2. The molecule has 15 heteroatoms. The smallest absolute Gasteiger partial charge is 0.430 e. The van der Waals surface area contributed by atoms with Gasteiger partial charge < -0.3 is 24.7 Å². The van der Waals surface area contributed by atoms with E-state index in [0.717, 1.165) is 22.9 Å². The van der Waals surface area contributed by atoms with E-state index in [9.17, 15) is 45.4 Å². The lowest BCUT2D eigenvalue weighted by molar-refractivity contribution is -0.376. The number of ether oxygens (including phenoxy) is 1. The molecule has 0 aliphatic carbocycles. The number of aromatic amines is 1. The molecule has 3 heterocycles. The van der Waals surface area contributed by atoms with E-state index in [1.807, 2.05) is 0 Å². The van der Waals surface area contributed by atoms with E-state index in [0.29, 0.717) is 6.07 Å². The normalized spacial score (nSPS) is 12.6. The van der Waals surface area contributed by atoms with Crippen LogP contribution in [0.5, 0.6) is 11.6 Å².